The molecule has 1 atom stereocenters. The molecular formula is C23H36. The SMILES string of the molecule is CCCCCCCCCCCCCCC1C=Cc2ccccc21. The molecule has 0 aliphatic heterocycles. The van der Waals surface area contributed by atoms with Crippen LogP contribution in [0.25, 0.3) is 6.08 Å². The minimum absolute atomic E-state index is 0.689. The van der Waals surface area contributed by atoms with Gasteiger partial charge in [0.25, 0.3) is 0 Å². The van der Waals surface area contributed by atoms with Crippen LogP contribution in [-0.2, 0) is 0 Å². The van der Waals surface area contributed by atoms with E-state index >= 15 is 0 Å². The fraction of sp³-hybridized carbons (Fsp3) is 0.652. The van der Waals surface area contributed by atoms with Gasteiger partial charge in [-0.15, -0.1) is 0 Å². The van der Waals surface area contributed by atoms with Crippen molar-refractivity contribution in [3.8, 4) is 0 Å². The van der Waals surface area contributed by atoms with Crippen molar-refractivity contribution in [2.45, 2.75) is 96.3 Å². The summed E-state index contributed by atoms with van der Waals surface area (Å²) in [6.07, 6.45) is 23.3. The molecule has 0 saturated heterocycles. The number of benzene rings is 1. The summed E-state index contributed by atoms with van der Waals surface area (Å²) >= 11 is 0. The topological polar surface area (TPSA) is 0 Å². The van der Waals surface area contributed by atoms with E-state index in [1.807, 2.05) is 0 Å². The maximum atomic E-state index is 2.41. The summed E-state index contributed by atoms with van der Waals surface area (Å²) in [4.78, 5) is 0. The molecule has 0 saturated carbocycles. The van der Waals surface area contributed by atoms with E-state index in [-0.39, 0.29) is 0 Å². The first-order valence-corrected chi connectivity index (χ1v) is 10.2. The van der Waals surface area contributed by atoms with E-state index in [4.69, 9.17) is 0 Å². The largest absolute Gasteiger partial charge is 0.0764 e. The van der Waals surface area contributed by atoms with Gasteiger partial charge in [-0.2, -0.15) is 0 Å². The molecule has 0 radical (unpaired) electrons. The first-order chi connectivity index (χ1) is 11.4. The van der Waals surface area contributed by atoms with Gasteiger partial charge >= 0.3 is 0 Å². The monoisotopic (exact) mass is 312 g/mol. The molecule has 0 N–H and O–H groups in total. The third-order valence-corrected chi connectivity index (χ3v) is 5.27. The maximum Gasteiger partial charge on any atom is 0.00272 e. The van der Waals surface area contributed by atoms with Crippen LogP contribution in [0.15, 0.2) is 30.3 Å². The second kappa shape index (κ2) is 11.5. The van der Waals surface area contributed by atoms with Gasteiger partial charge in [0.15, 0.2) is 0 Å². The normalized spacial score (nSPS) is 16.0. The quantitative estimate of drug-likeness (QED) is 0.325. The summed E-state index contributed by atoms with van der Waals surface area (Å²) < 4.78 is 0. The van der Waals surface area contributed by atoms with Gasteiger partial charge in [0, 0.05) is 5.92 Å². The second-order valence-corrected chi connectivity index (χ2v) is 7.27. The summed E-state index contributed by atoms with van der Waals surface area (Å²) in [6, 6.07) is 8.88. The lowest BCUT2D eigenvalue weighted by Crippen LogP contribution is -1.93. The van der Waals surface area contributed by atoms with Crippen LogP contribution < -0.4 is 0 Å². The Morgan fingerprint density at radius 3 is 1.91 bits per heavy atom. The molecule has 1 aliphatic rings. The molecule has 1 aromatic carbocycles. The molecule has 1 unspecified atom stereocenters. The van der Waals surface area contributed by atoms with E-state index < -0.39 is 0 Å². The Hall–Kier alpha value is -1.04. The average molecular weight is 313 g/mol. The van der Waals surface area contributed by atoms with Gasteiger partial charge in [-0.25, -0.2) is 0 Å². The highest BCUT2D eigenvalue weighted by Gasteiger charge is 2.15. The molecule has 0 heterocycles. The number of hydrogen-bond acceptors (Lipinski definition) is 0. The Morgan fingerprint density at radius 1 is 0.696 bits per heavy atom. The molecule has 0 heteroatoms. The van der Waals surface area contributed by atoms with Crippen LogP contribution in [0.4, 0.5) is 0 Å². The predicted octanol–water partition coefficient (Wildman–Crippen LogP) is 7.89. The van der Waals surface area contributed by atoms with Gasteiger partial charge in [-0.1, -0.05) is 120 Å². The fourth-order valence-corrected chi connectivity index (χ4v) is 3.78. The minimum atomic E-state index is 0.689. The zero-order valence-electron chi connectivity index (χ0n) is 15.2. The Bertz CT molecular complexity index is 443. The molecule has 0 fully saturated rings. The molecule has 0 nitrogen and oxygen atoms in total. The number of unbranched alkanes of at least 4 members (excludes halogenated alkanes) is 11. The third-order valence-electron chi connectivity index (χ3n) is 5.27. The summed E-state index contributed by atoms with van der Waals surface area (Å²) in [7, 11) is 0. The Balaban J connectivity index is 1.40. The third kappa shape index (κ3) is 6.94. The van der Waals surface area contributed by atoms with Crippen molar-refractivity contribution in [1.29, 1.82) is 0 Å². The highest BCUT2D eigenvalue weighted by atomic mass is 14.2. The molecule has 2 rings (SSSR count). The van der Waals surface area contributed by atoms with Gasteiger partial charge in [0.2, 0.25) is 0 Å². The van der Waals surface area contributed by atoms with E-state index in [1.165, 1.54) is 89.0 Å². The molecule has 1 aromatic rings. The first kappa shape index (κ1) is 18.3. The molecule has 23 heavy (non-hydrogen) atoms. The van der Waals surface area contributed by atoms with Crippen LogP contribution in [0.1, 0.15) is 107 Å². The molecule has 0 bridgehead atoms. The van der Waals surface area contributed by atoms with Crippen molar-refractivity contribution in [3.05, 3.63) is 41.5 Å². The van der Waals surface area contributed by atoms with Gasteiger partial charge in [-0.05, 0) is 17.5 Å². The van der Waals surface area contributed by atoms with Crippen molar-refractivity contribution in [3.63, 3.8) is 0 Å². The summed E-state index contributed by atoms with van der Waals surface area (Å²) in [5.74, 6) is 0.689. The van der Waals surface area contributed by atoms with Crippen LogP contribution >= 0.6 is 0 Å². The van der Waals surface area contributed by atoms with Gasteiger partial charge in [0.05, 0.1) is 0 Å². The van der Waals surface area contributed by atoms with Crippen molar-refractivity contribution < 1.29 is 0 Å². The summed E-state index contributed by atoms with van der Waals surface area (Å²) in [5.41, 5.74) is 2.99. The van der Waals surface area contributed by atoms with Gasteiger partial charge < -0.3 is 0 Å². The first-order valence-electron chi connectivity index (χ1n) is 10.2. The lowest BCUT2D eigenvalue weighted by atomic mass is 9.94. The summed E-state index contributed by atoms with van der Waals surface area (Å²) in [6.45, 7) is 2.29. The van der Waals surface area contributed by atoms with E-state index in [9.17, 15) is 0 Å². The van der Waals surface area contributed by atoms with E-state index in [0.717, 1.165) is 0 Å². The highest BCUT2D eigenvalue weighted by Crippen LogP contribution is 2.33. The van der Waals surface area contributed by atoms with Crippen LogP contribution in [0.2, 0.25) is 0 Å². The Morgan fingerprint density at radius 2 is 1.26 bits per heavy atom. The van der Waals surface area contributed by atoms with Crippen LogP contribution in [-0.4, -0.2) is 0 Å². The fourth-order valence-electron chi connectivity index (χ4n) is 3.78. The smallest absolute Gasteiger partial charge is 0.00272 e. The number of rotatable bonds is 13. The second-order valence-electron chi connectivity index (χ2n) is 7.27. The molecular weight excluding hydrogens is 276 g/mol. The van der Waals surface area contributed by atoms with Crippen molar-refractivity contribution in [2.75, 3.05) is 0 Å². The van der Waals surface area contributed by atoms with Crippen LogP contribution in [0.3, 0.4) is 0 Å². The highest BCUT2D eigenvalue weighted by molar-refractivity contribution is 5.62. The standard InChI is InChI=1S/C23H36/c1-2-3-4-5-6-7-8-9-10-11-12-13-16-21-19-20-22-17-14-15-18-23(21)22/h14-15,17-21H,2-13,16H2,1H3. The molecule has 0 aromatic heterocycles. The van der Waals surface area contributed by atoms with E-state index in [0.29, 0.717) is 5.92 Å². The summed E-state index contributed by atoms with van der Waals surface area (Å²) in [5, 5.41) is 0. The predicted molar refractivity (Wildman–Crippen MR) is 104 cm³/mol. The number of fused-ring (bicyclic) bond motifs is 1. The zero-order valence-corrected chi connectivity index (χ0v) is 15.2. The maximum absolute atomic E-state index is 2.41. The van der Waals surface area contributed by atoms with Gasteiger partial charge in [0.1, 0.15) is 0 Å². The van der Waals surface area contributed by atoms with E-state index in [1.54, 1.807) is 5.56 Å². The molecule has 0 spiro atoms. The molecule has 0 amide bonds. The Labute approximate surface area is 144 Å². The Kier molecular flexibility index (Phi) is 9.14. The van der Waals surface area contributed by atoms with E-state index in [2.05, 4.69) is 43.3 Å². The van der Waals surface area contributed by atoms with Gasteiger partial charge in [-0.3, -0.25) is 0 Å². The average Bonchev–Trinajstić information content (AvgIpc) is 2.99. The zero-order chi connectivity index (χ0) is 16.2. The lowest BCUT2D eigenvalue weighted by molar-refractivity contribution is 0.535. The van der Waals surface area contributed by atoms with Crippen LogP contribution in [0.5, 0.6) is 0 Å². The lowest BCUT2D eigenvalue weighted by Gasteiger charge is -2.10. The van der Waals surface area contributed by atoms with Crippen LogP contribution in [0, 0.1) is 0 Å². The molecule has 128 valence electrons. The van der Waals surface area contributed by atoms with Crippen molar-refractivity contribution in [1.82, 2.24) is 0 Å². The number of allylic oxidation sites excluding steroid dienone is 1. The minimum Gasteiger partial charge on any atom is -0.0764 e. The van der Waals surface area contributed by atoms with Crippen molar-refractivity contribution >= 4 is 6.08 Å². The molecule has 1 aliphatic carbocycles. The van der Waals surface area contributed by atoms with Crippen molar-refractivity contribution in [2.24, 2.45) is 0 Å². The number of hydrogen-bond donors (Lipinski definition) is 0.